The molecular formula is C19H25N6NaO3S. The normalized spacial score (nSPS) is 14.9. The predicted octanol–water partition coefficient (Wildman–Crippen LogP) is -0.884. The zero-order valence-electron chi connectivity index (χ0n) is 17.7. The Labute approximate surface area is 198 Å². The van der Waals surface area contributed by atoms with Crippen LogP contribution in [0.3, 0.4) is 0 Å². The Morgan fingerprint density at radius 3 is 2.40 bits per heavy atom. The molecule has 0 spiro atoms. The molecule has 11 heteroatoms. The summed E-state index contributed by atoms with van der Waals surface area (Å²) in [6, 6.07) is 1.36. The summed E-state index contributed by atoms with van der Waals surface area (Å²) in [4.78, 5) is 14.5. The summed E-state index contributed by atoms with van der Waals surface area (Å²) >= 11 is 0. The van der Waals surface area contributed by atoms with Gasteiger partial charge >= 0.3 is 29.6 Å². The van der Waals surface area contributed by atoms with Crippen molar-refractivity contribution in [2.45, 2.75) is 50.1 Å². The molecule has 1 heterocycles. The van der Waals surface area contributed by atoms with Crippen molar-refractivity contribution in [3.8, 4) is 0 Å². The number of anilines is 1. The Morgan fingerprint density at radius 1 is 1.17 bits per heavy atom. The van der Waals surface area contributed by atoms with E-state index < -0.39 is 16.1 Å². The second-order valence-electron chi connectivity index (χ2n) is 7.85. The van der Waals surface area contributed by atoms with Gasteiger partial charge in [0.25, 0.3) is 0 Å². The fourth-order valence-corrected chi connectivity index (χ4v) is 4.82. The molecule has 30 heavy (non-hydrogen) atoms. The molecule has 0 bridgehead atoms. The van der Waals surface area contributed by atoms with E-state index in [1.165, 1.54) is 22.0 Å². The molecule has 0 fully saturated rings. The molecule has 0 unspecified atom stereocenters. The first-order chi connectivity index (χ1) is 13.8. The van der Waals surface area contributed by atoms with Crippen LogP contribution >= 0.6 is 0 Å². The molecule has 1 aromatic heterocycles. The minimum absolute atomic E-state index is 0. The van der Waals surface area contributed by atoms with Crippen LogP contribution in [0.5, 0.6) is 0 Å². The van der Waals surface area contributed by atoms with E-state index in [1.54, 1.807) is 0 Å². The van der Waals surface area contributed by atoms with Crippen molar-refractivity contribution in [1.82, 2.24) is 19.9 Å². The molecule has 9 nitrogen and oxygen atoms in total. The van der Waals surface area contributed by atoms with Crippen molar-refractivity contribution >= 4 is 21.7 Å². The van der Waals surface area contributed by atoms with Crippen molar-refractivity contribution in [3.05, 3.63) is 39.2 Å². The SMILES string of the molecule is CN(C)CCn1cc(S(=O)(=O)[N-]C(=O)Nc2c3c(cc4c2CCC4)CCC3)nn1.[Na+]. The van der Waals surface area contributed by atoms with Crippen LogP contribution in [0.2, 0.25) is 0 Å². The number of urea groups is 1. The van der Waals surface area contributed by atoms with Crippen LogP contribution in [-0.2, 0) is 42.3 Å². The van der Waals surface area contributed by atoms with Crippen molar-refractivity contribution in [3.63, 3.8) is 0 Å². The maximum absolute atomic E-state index is 12.5. The average Bonchev–Trinajstić information content (AvgIpc) is 3.39. The van der Waals surface area contributed by atoms with E-state index in [0.29, 0.717) is 13.1 Å². The van der Waals surface area contributed by atoms with Crippen LogP contribution < -0.4 is 34.9 Å². The number of likely N-dealkylation sites (N-methyl/N-ethyl adjacent to an activating group) is 1. The van der Waals surface area contributed by atoms with Gasteiger partial charge in [-0.05, 0) is 80.6 Å². The second-order valence-corrected chi connectivity index (χ2v) is 9.40. The number of amides is 2. The molecule has 2 amide bonds. The molecular weight excluding hydrogens is 415 g/mol. The molecule has 0 saturated heterocycles. The number of aromatic nitrogens is 3. The first kappa shape index (κ1) is 23.2. The van der Waals surface area contributed by atoms with Gasteiger partial charge in [-0.1, -0.05) is 11.3 Å². The number of benzene rings is 1. The van der Waals surface area contributed by atoms with Gasteiger partial charge in [0.1, 0.15) is 0 Å². The van der Waals surface area contributed by atoms with E-state index in [1.807, 2.05) is 19.0 Å². The zero-order chi connectivity index (χ0) is 20.6. The first-order valence-electron chi connectivity index (χ1n) is 9.84. The molecule has 2 aliphatic rings. The maximum Gasteiger partial charge on any atom is 1.00 e. The molecule has 0 aliphatic heterocycles. The largest absolute Gasteiger partial charge is 1.00 e. The van der Waals surface area contributed by atoms with Gasteiger partial charge in [-0.15, -0.1) is 5.10 Å². The van der Waals surface area contributed by atoms with Gasteiger partial charge in [-0.2, -0.15) is 0 Å². The average molecular weight is 441 g/mol. The number of carbonyl (C=O) groups excluding carboxylic acids is 1. The summed E-state index contributed by atoms with van der Waals surface area (Å²) in [5, 5.41) is 9.93. The summed E-state index contributed by atoms with van der Waals surface area (Å²) < 4.78 is 29.9. The summed E-state index contributed by atoms with van der Waals surface area (Å²) in [5.41, 5.74) is 5.54. The Morgan fingerprint density at radius 2 is 1.80 bits per heavy atom. The number of nitrogens with one attached hydrogen (secondary N) is 1. The van der Waals surface area contributed by atoms with Crippen LogP contribution in [0.15, 0.2) is 17.3 Å². The van der Waals surface area contributed by atoms with Gasteiger partial charge in [-0.3, -0.25) is 4.79 Å². The number of nitrogens with zero attached hydrogens (tertiary/aromatic N) is 5. The van der Waals surface area contributed by atoms with E-state index in [0.717, 1.165) is 55.3 Å². The topological polar surface area (TPSA) is 111 Å². The maximum atomic E-state index is 12.5. The fraction of sp³-hybridized carbons (Fsp3) is 0.526. The van der Waals surface area contributed by atoms with Gasteiger partial charge in [-0.25, -0.2) is 13.1 Å². The smallest absolute Gasteiger partial charge is 0.423 e. The first-order valence-corrected chi connectivity index (χ1v) is 11.3. The van der Waals surface area contributed by atoms with Gasteiger partial charge in [0, 0.05) is 6.54 Å². The second kappa shape index (κ2) is 9.35. The summed E-state index contributed by atoms with van der Waals surface area (Å²) in [6.45, 7) is 1.18. The van der Waals surface area contributed by atoms with Crippen LogP contribution in [-0.4, -0.2) is 55.0 Å². The van der Waals surface area contributed by atoms with Crippen molar-refractivity contribution < 1.29 is 42.8 Å². The third-order valence-corrected chi connectivity index (χ3v) is 6.59. The number of aryl methyl sites for hydroxylation is 2. The summed E-state index contributed by atoms with van der Waals surface area (Å²) in [7, 11) is -0.404. The Hall–Kier alpha value is -1.46. The molecule has 2 aromatic rings. The molecule has 4 rings (SSSR count). The van der Waals surface area contributed by atoms with Gasteiger partial charge in [0.15, 0.2) is 11.1 Å². The van der Waals surface area contributed by atoms with Gasteiger partial charge in [0.2, 0.25) is 10.0 Å². The molecule has 0 radical (unpaired) electrons. The minimum atomic E-state index is -4.22. The minimum Gasteiger partial charge on any atom is -0.423 e. The number of hydrogen-bond donors (Lipinski definition) is 1. The van der Waals surface area contributed by atoms with E-state index in [2.05, 4.69) is 26.4 Å². The van der Waals surface area contributed by atoms with E-state index in [9.17, 15) is 13.2 Å². The number of carbonyl (C=O) groups is 1. The van der Waals surface area contributed by atoms with E-state index in [-0.39, 0.29) is 34.6 Å². The molecule has 0 atom stereocenters. The van der Waals surface area contributed by atoms with E-state index in [4.69, 9.17) is 0 Å². The standard InChI is InChI=1S/C19H26N6O3S.Na/c1-24(2)9-10-25-12-17(21-23-25)29(27,28)22-19(26)20-18-15-7-3-5-13(15)11-14-6-4-8-16(14)18;/h11-12H,3-10H2,1-2H3,(H2,20,22,26);/q;+1/p-1. The Balaban J connectivity index is 0.00000256. The molecule has 156 valence electrons. The molecule has 1 N–H and O–H groups in total. The summed E-state index contributed by atoms with van der Waals surface area (Å²) in [5.74, 6) is 0. The van der Waals surface area contributed by atoms with E-state index >= 15 is 0 Å². The Kier molecular flexibility index (Phi) is 7.24. The fourth-order valence-electron chi connectivity index (χ4n) is 4.06. The van der Waals surface area contributed by atoms with Crippen LogP contribution in [0.1, 0.15) is 35.1 Å². The summed E-state index contributed by atoms with van der Waals surface area (Å²) in [6.07, 6.45) is 7.18. The third-order valence-electron chi connectivity index (χ3n) is 5.47. The van der Waals surface area contributed by atoms with Crippen LogP contribution in [0.4, 0.5) is 10.5 Å². The van der Waals surface area contributed by atoms with Crippen molar-refractivity contribution in [2.24, 2.45) is 0 Å². The van der Waals surface area contributed by atoms with Crippen molar-refractivity contribution in [2.75, 3.05) is 26.0 Å². The quantitative estimate of drug-likeness (QED) is 0.584. The predicted molar refractivity (Wildman–Crippen MR) is 109 cm³/mol. The zero-order valence-corrected chi connectivity index (χ0v) is 20.5. The van der Waals surface area contributed by atoms with Crippen LogP contribution in [0.25, 0.3) is 4.72 Å². The van der Waals surface area contributed by atoms with Gasteiger partial charge < -0.3 is 14.9 Å². The molecule has 1 aromatic carbocycles. The molecule has 0 saturated carbocycles. The van der Waals surface area contributed by atoms with Crippen molar-refractivity contribution in [1.29, 1.82) is 0 Å². The van der Waals surface area contributed by atoms with Gasteiger partial charge in [0.05, 0.1) is 12.7 Å². The third kappa shape index (κ3) is 4.88. The number of sulfonamides is 1. The number of fused-ring (bicyclic) bond motifs is 2. The van der Waals surface area contributed by atoms with Crippen LogP contribution in [0, 0.1) is 0 Å². The molecule has 2 aliphatic carbocycles. The number of rotatable bonds is 6. The monoisotopic (exact) mass is 440 g/mol. The Bertz CT molecular complexity index is 1020. The number of hydrogen-bond acceptors (Lipinski definition) is 6.